The molecular formula is C13H22N2O. The zero-order valence-electron chi connectivity index (χ0n) is 11.1. The van der Waals surface area contributed by atoms with Gasteiger partial charge in [0.2, 0.25) is 0 Å². The van der Waals surface area contributed by atoms with Crippen LogP contribution < -0.4 is 5.32 Å². The molecule has 3 heteroatoms. The summed E-state index contributed by atoms with van der Waals surface area (Å²) >= 11 is 0. The highest BCUT2D eigenvalue weighted by molar-refractivity contribution is 5.38. The first-order chi connectivity index (χ1) is 7.24. The van der Waals surface area contributed by atoms with Crippen molar-refractivity contribution in [3.05, 3.63) is 23.9 Å². The van der Waals surface area contributed by atoms with E-state index in [4.69, 9.17) is 4.74 Å². The third-order valence-electron chi connectivity index (χ3n) is 2.47. The molecule has 0 aromatic carbocycles. The van der Waals surface area contributed by atoms with Crippen LogP contribution in [0.5, 0.6) is 0 Å². The van der Waals surface area contributed by atoms with Gasteiger partial charge in [0.05, 0.1) is 5.60 Å². The van der Waals surface area contributed by atoms with Gasteiger partial charge in [-0.05, 0) is 40.7 Å². The van der Waals surface area contributed by atoms with Crippen molar-refractivity contribution in [1.29, 1.82) is 0 Å². The van der Waals surface area contributed by atoms with E-state index in [2.05, 4.69) is 31.1 Å². The van der Waals surface area contributed by atoms with Gasteiger partial charge in [-0.25, -0.2) is 4.98 Å². The third kappa shape index (κ3) is 3.49. The summed E-state index contributed by atoms with van der Waals surface area (Å²) in [4.78, 5) is 4.39. The maximum absolute atomic E-state index is 5.40. The molecule has 0 aliphatic carbocycles. The van der Waals surface area contributed by atoms with Gasteiger partial charge in [-0.3, -0.25) is 0 Å². The minimum absolute atomic E-state index is 0.0330. The van der Waals surface area contributed by atoms with Crippen LogP contribution in [0.25, 0.3) is 0 Å². The molecule has 0 radical (unpaired) electrons. The lowest BCUT2D eigenvalue weighted by atomic mass is 10.0. The summed E-state index contributed by atoms with van der Waals surface area (Å²) in [5.41, 5.74) is 0.827. The standard InChI is InChI=1S/C13H22N2O/c1-12(2,3)15-11-8-7-10(9-14-11)13(4,5)16-6/h7-9H,1-6H3,(H,14,15). The fourth-order valence-corrected chi connectivity index (χ4v) is 1.33. The number of ether oxygens (including phenoxy) is 1. The van der Waals surface area contributed by atoms with Crippen molar-refractivity contribution in [2.75, 3.05) is 12.4 Å². The third-order valence-corrected chi connectivity index (χ3v) is 2.47. The van der Waals surface area contributed by atoms with Gasteiger partial charge in [0.15, 0.2) is 0 Å². The summed E-state index contributed by atoms with van der Waals surface area (Å²) < 4.78 is 5.40. The second kappa shape index (κ2) is 4.42. The Bertz CT molecular complexity index is 336. The number of aromatic nitrogens is 1. The lowest BCUT2D eigenvalue weighted by molar-refractivity contribution is 0.0189. The number of anilines is 1. The maximum atomic E-state index is 5.40. The van der Waals surface area contributed by atoms with Crippen molar-refractivity contribution in [3.63, 3.8) is 0 Å². The van der Waals surface area contributed by atoms with E-state index in [1.807, 2.05) is 32.2 Å². The number of rotatable bonds is 3. The number of hydrogen-bond acceptors (Lipinski definition) is 3. The van der Waals surface area contributed by atoms with Gasteiger partial charge in [-0.2, -0.15) is 0 Å². The van der Waals surface area contributed by atoms with Crippen LogP contribution >= 0.6 is 0 Å². The average molecular weight is 222 g/mol. The van der Waals surface area contributed by atoms with Gasteiger partial charge >= 0.3 is 0 Å². The van der Waals surface area contributed by atoms with E-state index in [9.17, 15) is 0 Å². The molecule has 16 heavy (non-hydrogen) atoms. The minimum Gasteiger partial charge on any atom is -0.374 e. The molecule has 0 unspecified atom stereocenters. The predicted octanol–water partition coefficient (Wildman–Crippen LogP) is 3.17. The van der Waals surface area contributed by atoms with Crippen LogP contribution in [0.3, 0.4) is 0 Å². The van der Waals surface area contributed by atoms with Crippen LogP contribution in [0.2, 0.25) is 0 Å². The maximum Gasteiger partial charge on any atom is 0.126 e. The summed E-state index contributed by atoms with van der Waals surface area (Å²) in [5.74, 6) is 0.892. The first-order valence-electron chi connectivity index (χ1n) is 5.54. The Kier molecular flexibility index (Phi) is 3.58. The summed E-state index contributed by atoms with van der Waals surface area (Å²) in [6.45, 7) is 10.4. The van der Waals surface area contributed by atoms with Gasteiger partial charge < -0.3 is 10.1 Å². The molecule has 3 nitrogen and oxygen atoms in total. The van der Waals surface area contributed by atoms with Crippen LogP contribution in [0, 0.1) is 0 Å². The fraction of sp³-hybridized carbons (Fsp3) is 0.615. The highest BCUT2D eigenvalue weighted by Crippen LogP contribution is 2.24. The monoisotopic (exact) mass is 222 g/mol. The van der Waals surface area contributed by atoms with Crippen LogP contribution in [0.15, 0.2) is 18.3 Å². The van der Waals surface area contributed by atoms with Crippen LogP contribution in [-0.2, 0) is 10.3 Å². The molecule has 1 aromatic heterocycles. The van der Waals surface area contributed by atoms with Crippen molar-refractivity contribution < 1.29 is 4.74 Å². The molecule has 90 valence electrons. The molecule has 0 bridgehead atoms. The number of nitrogens with one attached hydrogen (secondary N) is 1. The normalized spacial score (nSPS) is 12.6. The van der Waals surface area contributed by atoms with E-state index in [0.29, 0.717) is 0 Å². The van der Waals surface area contributed by atoms with Gasteiger partial charge in [-0.15, -0.1) is 0 Å². The van der Waals surface area contributed by atoms with Crippen LogP contribution in [-0.4, -0.2) is 17.6 Å². The number of nitrogens with zero attached hydrogens (tertiary/aromatic N) is 1. The highest BCUT2D eigenvalue weighted by atomic mass is 16.5. The summed E-state index contributed by atoms with van der Waals surface area (Å²) in [6, 6.07) is 4.03. The topological polar surface area (TPSA) is 34.1 Å². The number of methoxy groups -OCH3 is 1. The van der Waals surface area contributed by atoms with E-state index in [-0.39, 0.29) is 11.1 Å². The lowest BCUT2D eigenvalue weighted by Crippen LogP contribution is -2.27. The quantitative estimate of drug-likeness (QED) is 0.853. The molecule has 0 saturated heterocycles. The van der Waals surface area contributed by atoms with Crippen molar-refractivity contribution in [1.82, 2.24) is 4.98 Å². The molecule has 0 aliphatic rings. The van der Waals surface area contributed by atoms with E-state index in [1.165, 1.54) is 0 Å². The molecule has 0 spiro atoms. The van der Waals surface area contributed by atoms with Crippen LogP contribution in [0.4, 0.5) is 5.82 Å². The fourth-order valence-electron chi connectivity index (χ4n) is 1.33. The molecule has 0 saturated carbocycles. The Balaban J connectivity index is 2.84. The second-order valence-electron chi connectivity index (χ2n) is 5.52. The van der Waals surface area contributed by atoms with Crippen molar-refractivity contribution in [2.45, 2.75) is 45.8 Å². The molecule has 1 heterocycles. The molecule has 0 amide bonds. The smallest absolute Gasteiger partial charge is 0.126 e. The van der Waals surface area contributed by atoms with E-state index in [1.54, 1.807) is 7.11 Å². The lowest BCUT2D eigenvalue weighted by Gasteiger charge is -2.24. The van der Waals surface area contributed by atoms with Gasteiger partial charge in [0.25, 0.3) is 0 Å². The molecule has 0 fully saturated rings. The first kappa shape index (κ1) is 13.0. The van der Waals surface area contributed by atoms with Gasteiger partial charge in [0, 0.05) is 24.4 Å². The van der Waals surface area contributed by atoms with Crippen molar-refractivity contribution in [2.24, 2.45) is 0 Å². The first-order valence-corrected chi connectivity index (χ1v) is 5.54. The number of hydrogen-bond donors (Lipinski definition) is 1. The molecule has 0 atom stereocenters. The van der Waals surface area contributed by atoms with Crippen molar-refractivity contribution >= 4 is 5.82 Å². The van der Waals surface area contributed by atoms with Crippen LogP contribution in [0.1, 0.15) is 40.2 Å². The molecular weight excluding hydrogens is 200 g/mol. The van der Waals surface area contributed by atoms with Crippen molar-refractivity contribution in [3.8, 4) is 0 Å². The summed E-state index contributed by atoms with van der Waals surface area (Å²) in [6.07, 6.45) is 1.86. The Hall–Kier alpha value is -1.09. The Morgan fingerprint density at radius 3 is 2.12 bits per heavy atom. The number of pyridine rings is 1. The molecule has 0 aliphatic heterocycles. The Morgan fingerprint density at radius 2 is 1.75 bits per heavy atom. The molecule has 1 rings (SSSR count). The predicted molar refractivity (Wildman–Crippen MR) is 67.6 cm³/mol. The molecule has 1 N–H and O–H groups in total. The van der Waals surface area contributed by atoms with E-state index >= 15 is 0 Å². The van der Waals surface area contributed by atoms with Gasteiger partial charge in [0.1, 0.15) is 5.82 Å². The zero-order valence-corrected chi connectivity index (χ0v) is 11.1. The summed E-state index contributed by atoms with van der Waals surface area (Å²) in [5, 5.41) is 3.33. The Morgan fingerprint density at radius 1 is 1.12 bits per heavy atom. The minimum atomic E-state index is -0.284. The van der Waals surface area contributed by atoms with Gasteiger partial charge in [-0.1, -0.05) is 6.07 Å². The average Bonchev–Trinajstić information content (AvgIpc) is 2.16. The molecule has 1 aromatic rings. The highest BCUT2D eigenvalue weighted by Gasteiger charge is 2.19. The van der Waals surface area contributed by atoms with E-state index < -0.39 is 0 Å². The Labute approximate surface area is 98.2 Å². The summed E-state index contributed by atoms with van der Waals surface area (Å²) in [7, 11) is 1.71. The zero-order chi connectivity index (χ0) is 12.4. The largest absolute Gasteiger partial charge is 0.374 e. The SMILES string of the molecule is COC(C)(C)c1ccc(NC(C)(C)C)nc1. The second-order valence-corrected chi connectivity index (χ2v) is 5.52. The van der Waals surface area contributed by atoms with E-state index in [0.717, 1.165) is 11.4 Å².